The van der Waals surface area contributed by atoms with Gasteiger partial charge in [-0.2, -0.15) is 0 Å². The van der Waals surface area contributed by atoms with Crippen LogP contribution in [0.5, 0.6) is 11.5 Å². The van der Waals surface area contributed by atoms with E-state index in [4.69, 9.17) is 9.47 Å². The Morgan fingerprint density at radius 3 is 2.62 bits per heavy atom. The lowest BCUT2D eigenvalue weighted by molar-refractivity contribution is -0.121. The molecule has 0 aliphatic heterocycles. The Bertz CT molecular complexity index is 1510. The number of carbonyl (C=O) groups excluding carboxylic acids is 1. The zero-order valence-corrected chi connectivity index (χ0v) is 19.6. The molecule has 4 rings (SSSR count). The van der Waals surface area contributed by atoms with Gasteiger partial charge in [0.15, 0.2) is 11.5 Å². The number of thiophene rings is 1. The zero-order chi connectivity index (χ0) is 24.4. The average molecular weight is 484 g/mol. The smallest absolute Gasteiger partial charge is 0.336 e. The molecule has 0 spiro atoms. The predicted molar refractivity (Wildman–Crippen MR) is 128 cm³/mol. The first-order valence-corrected chi connectivity index (χ1v) is 11.2. The number of fused-ring (bicyclic) bond motifs is 1. The Morgan fingerprint density at radius 2 is 1.91 bits per heavy atom. The second kappa shape index (κ2) is 9.52. The topological polar surface area (TPSA) is 91.6 Å². The highest BCUT2D eigenvalue weighted by molar-refractivity contribution is 7.17. The van der Waals surface area contributed by atoms with Crippen molar-refractivity contribution in [3.8, 4) is 17.2 Å². The first kappa shape index (κ1) is 23.2. The summed E-state index contributed by atoms with van der Waals surface area (Å²) in [4.78, 5) is 39.2. The Morgan fingerprint density at radius 1 is 1.12 bits per heavy atom. The summed E-state index contributed by atoms with van der Waals surface area (Å²) in [7, 11) is 3.03. The number of rotatable bonds is 7. The number of carbonyl (C=O) groups is 1. The number of aryl methyl sites for hydroxylation is 1. The second-order valence-electron chi connectivity index (χ2n) is 7.50. The first-order chi connectivity index (χ1) is 16.3. The Hall–Kier alpha value is -3.92. The van der Waals surface area contributed by atoms with E-state index >= 15 is 0 Å². The normalized spacial score (nSPS) is 10.9. The van der Waals surface area contributed by atoms with Crippen LogP contribution in [0.2, 0.25) is 0 Å². The van der Waals surface area contributed by atoms with Gasteiger partial charge in [0.2, 0.25) is 5.91 Å². The number of methoxy groups -OCH3 is 2. The standard InChI is InChI=1S/C24H22FN3O5S/c1-14-11-16(25)7-8-17(14)28-23(30)22-18(9-10-34-22)27(24(28)31)13-20(29)26-12-15-5-4-6-19(32-2)21(15)33-3/h4-11H,12-13H2,1-3H3,(H,26,29). The molecule has 1 amide bonds. The van der Waals surface area contributed by atoms with E-state index in [2.05, 4.69) is 5.32 Å². The molecule has 0 atom stereocenters. The van der Waals surface area contributed by atoms with Crippen LogP contribution in [0, 0.1) is 12.7 Å². The summed E-state index contributed by atoms with van der Waals surface area (Å²) in [5.74, 6) is 0.134. The van der Waals surface area contributed by atoms with Crippen LogP contribution in [0.15, 0.2) is 57.4 Å². The first-order valence-electron chi connectivity index (χ1n) is 10.3. The number of para-hydroxylation sites is 1. The summed E-state index contributed by atoms with van der Waals surface area (Å²) in [6.45, 7) is 1.46. The molecule has 0 radical (unpaired) electrons. The van der Waals surface area contributed by atoms with E-state index < -0.39 is 23.0 Å². The van der Waals surface area contributed by atoms with Gasteiger partial charge < -0.3 is 14.8 Å². The van der Waals surface area contributed by atoms with Crippen molar-refractivity contribution in [1.29, 1.82) is 0 Å². The quantitative estimate of drug-likeness (QED) is 0.436. The van der Waals surface area contributed by atoms with Crippen LogP contribution in [-0.4, -0.2) is 29.3 Å². The molecule has 0 saturated carbocycles. The van der Waals surface area contributed by atoms with Crippen LogP contribution in [0.3, 0.4) is 0 Å². The summed E-state index contributed by atoms with van der Waals surface area (Å²) in [5, 5.41) is 4.47. The molecule has 4 aromatic rings. The number of ether oxygens (including phenoxy) is 2. The predicted octanol–water partition coefficient (Wildman–Crippen LogP) is 3.00. The van der Waals surface area contributed by atoms with Gasteiger partial charge >= 0.3 is 5.69 Å². The average Bonchev–Trinajstić information content (AvgIpc) is 3.31. The maximum Gasteiger partial charge on any atom is 0.336 e. The molecule has 176 valence electrons. The van der Waals surface area contributed by atoms with Crippen LogP contribution < -0.4 is 26.0 Å². The highest BCUT2D eigenvalue weighted by atomic mass is 32.1. The van der Waals surface area contributed by atoms with Gasteiger partial charge in [0.25, 0.3) is 5.56 Å². The van der Waals surface area contributed by atoms with E-state index in [1.54, 1.807) is 36.6 Å². The van der Waals surface area contributed by atoms with Crippen molar-refractivity contribution in [2.75, 3.05) is 14.2 Å². The van der Waals surface area contributed by atoms with Gasteiger partial charge in [0.05, 0.1) is 25.4 Å². The number of halogens is 1. The molecular formula is C24H22FN3O5S. The summed E-state index contributed by atoms with van der Waals surface area (Å²) < 4.78 is 26.8. The van der Waals surface area contributed by atoms with Gasteiger partial charge in [-0.15, -0.1) is 11.3 Å². The fourth-order valence-electron chi connectivity index (χ4n) is 3.81. The van der Waals surface area contributed by atoms with Crippen LogP contribution >= 0.6 is 11.3 Å². The highest BCUT2D eigenvalue weighted by Gasteiger charge is 2.19. The molecule has 0 aliphatic carbocycles. The fraction of sp³-hybridized carbons (Fsp3) is 0.208. The summed E-state index contributed by atoms with van der Waals surface area (Å²) >= 11 is 1.17. The molecule has 0 unspecified atom stereocenters. The van der Waals surface area contributed by atoms with Crippen molar-refractivity contribution in [2.24, 2.45) is 0 Å². The largest absolute Gasteiger partial charge is 0.493 e. The van der Waals surface area contributed by atoms with E-state index in [1.807, 2.05) is 0 Å². The maximum absolute atomic E-state index is 13.6. The van der Waals surface area contributed by atoms with Crippen molar-refractivity contribution >= 4 is 27.5 Å². The molecule has 0 bridgehead atoms. The molecule has 2 heterocycles. The van der Waals surface area contributed by atoms with Crippen molar-refractivity contribution in [3.63, 3.8) is 0 Å². The molecule has 0 aliphatic rings. The molecule has 1 N–H and O–H groups in total. The molecule has 0 fully saturated rings. The summed E-state index contributed by atoms with van der Waals surface area (Å²) in [6, 6.07) is 10.8. The van der Waals surface area contributed by atoms with Crippen LogP contribution in [0.4, 0.5) is 4.39 Å². The van der Waals surface area contributed by atoms with Crippen LogP contribution in [-0.2, 0) is 17.9 Å². The Labute approximate surface area is 197 Å². The van der Waals surface area contributed by atoms with E-state index in [1.165, 1.54) is 48.3 Å². The lowest BCUT2D eigenvalue weighted by Gasteiger charge is -2.15. The third kappa shape index (κ3) is 4.19. The Balaban J connectivity index is 1.69. The number of aromatic nitrogens is 2. The van der Waals surface area contributed by atoms with Crippen molar-refractivity contribution in [1.82, 2.24) is 14.5 Å². The number of benzene rings is 2. The van der Waals surface area contributed by atoms with E-state index in [-0.39, 0.29) is 18.8 Å². The van der Waals surface area contributed by atoms with Gasteiger partial charge in [-0.05, 0) is 48.2 Å². The van der Waals surface area contributed by atoms with Crippen molar-refractivity contribution < 1.29 is 18.7 Å². The van der Waals surface area contributed by atoms with Gasteiger partial charge in [-0.1, -0.05) is 12.1 Å². The highest BCUT2D eigenvalue weighted by Crippen LogP contribution is 2.30. The minimum Gasteiger partial charge on any atom is -0.493 e. The molecule has 8 nitrogen and oxygen atoms in total. The summed E-state index contributed by atoms with van der Waals surface area (Å²) in [5.41, 5.74) is 0.570. The summed E-state index contributed by atoms with van der Waals surface area (Å²) in [6.07, 6.45) is 0. The maximum atomic E-state index is 13.6. The lowest BCUT2D eigenvalue weighted by atomic mass is 10.2. The number of nitrogens with zero attached hydrogens (tertiary/aromatic N) is 2. The van der Waals surface area contributed by atoms with E-state index in [9.17, 15) is 18.8 Å². The number of nitrogens with one attached hydrogen (secondary N) is 1. The van der Waals surface area contributed by atoms with E-state index in [0.717, 1.165) is 4.57 Å². The Kier molecular flexibility index (Phi) is 6.51. The zero-order valence-electron chi connectivity index (χ0n) is 18.8. The van der Waals surface area contributed by atoms with Gasteiger partial charge in [-0.3, -0.25) is 14.2 Å². The molecule has 0 saturated heterocycles. The number of amides is 1. The molecule has 2 aromatic heterocycles. The molecule has 10 heteroatoms. The third-order valence-corrected chi connectivity index (χ3v) is 6.31. The molecule has 2 aromatic carbocycles. The fourth-order valence-corrected chi connectivity index (χ4v) is 4.63. The number of hydrogen-bond acceptors (Lipinski definition) is 6. The van der Waals surface area contributed by atoms with Crippen LogP contribution in [0.1, 0.15) is 11.1 Å². The third-order valence-electron chi connectivity index (χ3n) is 5.42. The van der Waals surface area contributed by atoms with Gasteiger partial charge in [0.1, 0.15) is 17.1 Å². The van der Waals surface area contributed by atoms with Gasteiger partial charge in [-0.25, -0.2) is 13.8 Å². The monoisotopic (exact) mass is 483 g/mol. The minimum absolute atomic E-state index is 0.150. The molecule has 34 heavy (non-hydrogen) atoms. The SMILES string of the molecule is COc1cccc(CNC(=O)Cn2c(=O)n(-c3ccc(F)cc3C)c(=O)c3sccc32)c1OC. The minimum atomic E-state index is -0.681. The van der Waals surface area contributed by atoms with Crippen LogP contribution in [0.25, 0.3) is 15.9 Å². The van der Waals surface area contributed by atoms with Crippen molar-refractivity contribution in [3.05, 3.63) is 85.6 Å². The van der Waals surface area contributed by atoms with Crippen molar-refractivity contribution in [2.45, 2.75) is 20.0 Å². The number of hydrogen-bond donors (Lipinski definition) is 1. The lowest BCUT2D eigenvalue weighted by Crippen LogP contribution is -2.41. The second-order valence-corrected chi connectivity index (χ2v) is 8.42. The van der Waals surface area contributed by atoms with E-state index in [0.29, 0.717) is 32.8 Å². The van der Waals surface area contributed by atoms with Gasteiger partial charge in [0, 0.05) is 12.1 Å². The molecular weight excluding hydrogens is 461 g/mol.